The van der Waals surface area contributed by atoms with Crippen LogP contribution >= 0.6 is 0 Å². The Balaban J connectivity index is 1.74. The summed E-state index contributed by atoms with van der Waals surface area (Å²) in [6.07, 6.45) is 6.60. The van der Waals surface area contributed by atoms with Crippen LogP contribution in [-0.4, -0.2) is 33.8 Å². The molecule has 0 bridgehead atoms. The van der Waals surface area contributed by atoms with E-state index in [1.807, 2.05) is 36.0 Å². The number of pyridine rings is 1. The molecule has 1 saturated heterocycles. The van der Waals surface area contributed by atoms with Crippen LogP contribution in [0.1, 0.15) is 12.2 Å². The van der Waals surface area contributed by atoms with E-state index >= 15 is 0 Å². The van der Waals surface area contributed by atoms with Crippen molar-refractivity contribution in [2.75, 3.05) is 18.5 Å². The van der Waals surface area contributed by atoms with Crippen molar-refractivity contribution in [3.63, 3.8) is 0 Å². The smallest absolute Gasteiger partial charge is 0.138 e. The van der Waals surface area contributed by atoms with Crippen molar-refractivity contribution in [1.29, 1.82) is 0 Å². The minimum absolute atomic E-state index is 0.410. The Morgan fingerprint density at radius 1 is 1.39 bits per heavy atom. The highest BCUT2D eigenvalue weighted by Gasteiger charge is 2.15. The number of rotatable bonds is 3. The van der Waals surface area contributed by atoms with Crippen LogP contribution in [0.3, 0.4) is 0 Å². The second kappa shape index (κ2) is 4.78. The first-order chi connectivity index (χ1) is 8.83. The van der Waals surface area contributed by atoms with Gasteiger partial charge in [0.1, 0.15) is 11.6 Å². The van der Waals surface area contributed by atoms with Gasteiger partial charge >= 0.3 is 0 Å². The standard InChI is InChI=1S/C13H16N4O/c1-10-14-5-6-17(10)13-3-2-11(8-15-13)16-12-4-7-18-9-12/h2-3,5-6,8,12,16H,4,7,9H2,1H3. The summed E-state index contributed by atoms with van der Waals surface area (Å²) in [5, 5.41) is 3.42. The summed E-state index contributed by atoms with van der Waals surface area (Å²) in [4.78, 5) is 8.63. The van der Waals surface area contributed by atoms with Crippen LogP contribution in [0.4, 0.5) is 5.69 Å². The van der Waals surface area contributed by atoms with Gasteiger partial charge in [0, 0.05) is 19.0 Å². The number of hydrogen-bond acceptors (Lipinski definition) is 4. The largest absolute Gasteiger partial charge is 0.379 e. The predicted octanol–water partition coefficient (Wildman–Crippen LogP) is 1.78. The lowest BCUT2D eigenvalue weighted by Gasteiger charge is -2.12. The third-order valence-corrected chi connectivity index (χ3v) is 3.12. The molecule has 5 heteroatoms. The van der Waals surface area contributed by atoms with Crippen molar-refractivity contribution in [3.8, 4) is 5.82 Å². The molecule has 3 heterocycles. The van der Waals surface area contributed by atoms with Gasteiger partial charge in [0.2, 0.25) is 0 Å². The molecule has 1 aliphatic rings. The van der Waals surface area contributed by atoms with Crippen LogP contribution in [0, 0.1) is 6.92 Å². The first-order valence-electron chi connectivity index (χ1n) is 6.13. The zero-order valence-corrected chi connectivity index (χ0v) is 10.3. The van der Waals surface area contributed by atoms with Crippen LogP contribution < -0.4 is 5.32 Å². The molecule has 0 amide bonds. The fourth-order valence-corrected chi connectivity index (χ4v) is 2.12. The first-order valence-corrected chi connectivity index (χ1v) is 6.13. The normalized spacial score (nSPS) is 19.1. The summed E-state index contributed by atoms with van der Waals surface area (Å²) in [6, 6.07) is 4.44. The average molecular weight is 244 g/mol. The summed E-state index contributed by atoms with van der Waals surface area (Å²) >= 11 is 0. The topological polar surface area (TPSA) is 52.0 Å². The molecule has 0 saturated carbocycles. The molecular weight excluding hydrogens is 228 g/mol. The van der Waals surface area contributed by atoms with Gasteiger partial charge in [-0.3, -0.25) is 4.57 Å². The van der Waals surface area contributed by atoms with Gasteiger partial charge in [-0.25, -0.2) is 9.97 Å². The molecule has 2 aromatic rings. The van der Waals surface area contributed by atoms with E-state index in [1.54, 1.807) is 6.20 Å². The van der Waals surface area contributed by atoms with Gasteiger partial charge in [-0.15, -0.1) is 0 Å². The Kier molecular flexibility index (Phi) is 2.98. The number of nitrogens with zero attached hydrogens (tertiary/aromatic N) is 3. The second-order valence-electron chi connectivity index (χ2n) is 4.45. The van der Waals surface area contributed by atoms with E-state index in [9.17, 15) is 0 Å². The number of aryl methyl sites for hydroxylation is 1. The Morgan fingerprint density at radius 2 is 2.33 bits per heavy atom. The third kappa shape index (κ3) is 2.22. The molecule has 1 atom stereocenters. The number of hydrogen-bond donors (Lipinski definition) is 1. The van der Waals surface area contributed by atoms with E-state index < -0.39 is 0 Å². The van der Waals surface area contributed by atoms with E-state index in [1.165, 1.54) is 0 Å². The Labute approximate surface area is 106 Å². The van der Waals surface area contributed by atoms with E-state index in [4.69, 9.17) is 4.74 Å². The van der Waals surface area contributed by atoms with Gasteiger partial charge in [0.15, 0.2) is 0 Å². The second-order valence-corrected chi connectivity index (χ2v) is 4.45. The fraction of sp³-hybridized carbons (Fsp3) is 0.385. The van der Waals surface area contributed by atoms with Crippen LogP contribution in [0.5, 0.6) is 0 Å². The Morgan fingerprint density at radius 3 is 2.94 bits per heavy atom. The van der Waals surface area contributed by atoms with Crippen molar-refractivity contribution in [2.24, 2.45) is 0 Å². The minimum atomic E-state index is 0.410. The van der Waals surface area contributed by atoms with E-state index in [0.717, 1.165) is 37.0 Å². The highest BCUT2D eigenvalue weighted by molar-refractivity contribution is 5.44. The van der Waals surface area contributed by atoms with Crippen molar-refractivity contribution < 1.29 is 4.74 Å². The molecular formula is C13H16N4O. The van der Waals surface area contributed by atoms with Crippen LogP contribution in [0.2, 0.25) is 0 Å². The summed E-state index contributed by atoms with van der Waals surface area (Å²) in [6.45, 7) is 3.59. The molecule has 1 unspecified atom stereocenters. The highest BCUT2D eigenvalue weighted by atomic mass is 16.5. The van der Waals surface area contributed by atoms with Crippen molar-refractivity contribution in [2.45, 2.75) is 19.4 Å². The molecule has 3 rings (SSSR count). The lowest BCUT2D eigenvalue weighted by Crippen LogP contribution is -2.18. The van der Waals surface area contributed by atoms with E-state index in [0.29, 0.717) is 6.04 Å². The summed E-state index contributed by atoms with van der Waals surface area (Å²) in [5.41, 5.74) is 1.03. The van der Waals surface area contributed by atoms with Crippen molar-refractivity contribution in [1.82, 2.24) is 14.5 Å². The molecule has 18 heavy (non-hydrogen) atoms. The maximum Gasteiger partial charge on any atom is 0.138 e. The van der Waals surface area contributed by atoms with Gasteiger partial charge in [-0.1, -0.05) is 0 Å². The molecule has 1 aliphatic heterocycles. The molecule has 0 radical (unpaired) electrons. The lowest BCUT2D eigenvalue weighted by atomic mass is 10.2. The van der Waals surface area contributed by atoms with Gasteiger partial charge in [0.25, 0.3) is 0 Å². The van der Waals surface area contributed by atoms with Gasteiger partial charge in [0.05, 0.1) is 24.5 Å². The zero-order valence-electron chi connectivity index (χ0n) is 10.3. The molecule has 2 aromatic heterocycles. The van der Waals surface area contributed by atoms with Crippen LogP contribution in [-0.2, 0) is 4.74 Å². The third-order valence-electron chi connectivity index (χ3n) is 3.12. The van der Waals surface area contributed by atoms with Gasteiger partial charge < -0.3 is 10.1 Å². The SMILES string of the molecule is Cc1nccn1-c1ccc(NC2CCOC2)cn1. The number of aromatic nitrogens is 3. The molecule has 0 aliphatic carbocycles. The Bertz CT molecular complexity index is 514. The average Bonchev–Trinajstić information content (AvgIpc) is 3.02. The molecule has 0 spiro atoms. The number of ether oxygens (including phenoxy) is 1. The van der Waals surface area contributed by atoms with Crippen molar-refractivity contribution >= 4 is 5.69 Å². The number of imidazole rings is 1. The quantitative estimate of drug-likeness (QED) is 0.894. The highest BCUT2D eigenvalue weighted by Crippen LogP contribution is 2.15. The monoisotopic (exact) mass is 244 g/mol. The molecule has 94 valence electrons. The maximum atomic E-state index is 5.33. The fourth-order valence-electron chi connectivity index (χ4n) is 2.12. The lowest BCUT2D eigenvalue weighted by molar-refractivity contribution is 0.195. The summed E-state index contributed by atoms with van der Waals surface area (Å²) < 4.78 is 7.29. The van der Waals surface area contributed by atoms with E-state index in [-0.39, 0.29) is 0 Å². The van der Waals surface area contributed by atoms with Crippen LogP contribution in [0.25, 0.3) is 5.82 Å². The van der Waals surface area contributed by atoms with E-state index in [2.05, 4.69) is 15.3 Å². The Hall–Kier alpha value is -1.88. The predicted molar refractivity (Wildman–Crippen MR) is 68.9 cm³/mol. The molecule has 0 aromatic carbocycles. The minimum Gasteiger partial charge on any atom is -0.379 e. The molecule has 1 N–H and O–H groups in total. The first kappa shape index (κ1) is 11.2. The maximum absolute atomic E-state index is 5.33. The summed E-state index contributed by atoms with van der Waals surface area (Å²) in [7, 11) is 0. The number of anilines is 1. The summed E-state index contributed by atoms with van der Waals surface area (Å²) in [5.74, 6) is 1.82. The van der Waals surface area contributed by atoms with Crippen molar-refractivity contribution in [3.05, 3.63) is 36.5 Å². The van der Waals surface area contributed by atoms with Gasteiger partial charge in [-0.2, -0.15) is 0 Å². The zero-order chi connectivity index (χ0) is 12.4. The number of nitrogens with one attached hydrogen (secondary N) is 1. The van der Waals surface area contributed by atoms with Crippen LogP contribution in [0.15, 0.2) is 30.7 Å². The molecule has 1 fully saturated rings. The van der Waals surface area contributed by atoms with Gasteiger partial charge in [-0.05, 0) is 25.5 Å². The molecule has 5 nitrogen and oxygen atoms in total.